The van der Waals surface area contributed by atoms with Gasteiger partial charge in [-0.25, -0.2) is 0 Å². The first-order valence-corrected chi connectivity index (χ1v) is 8.11. The van der Waals surface area contributed by atoms with Gasteiger partial charge in [0, 0.05) is 11.3 Å². The molecule has 0 unspecified atom stereocenters. The second kappa shape index (κ2) is 6.79. The van der Waals surface area contributed by atoms with Gasteiger partial charge in [-0.2, -0.15) is 0 Å². The van der Waals surface area contributed by atoms with E-state index in [-0.39, 0.29) is 30.3 Å². The van der Waals surface area contributed by atoms with E-state index in [2.05, 4.69) is 10.6 Å². The lowest BCUT2D eigenvalue weighted by atomic mass is 10.2. The molecular formula is C16H15N3O4S. The van der Waals surface area contributed by atoms with Crippen molar-refractivity contribution in [3.8, 4) is 0 Å². The molecule has 1 aromatic carbocycles. The van der Waals surface area contributed by atoms with Crippen LogP contribution in [0.15, 0.2) is 45.9 Å². The first kappa shape index (κ1) is 16.1. The van der Waals surface area contributed by atoms with Crippen LogP contribution in [0, 0.1) is 0 Å². The van der Waals surface area contributed by atoms with Crippen molar-refractivity contribution >= 4 is 35.2 Å². The van der Waals surface area contributed by atoms with Gasteiger partial charge in [-0.3, -0.25) is 14.4 Å². The largest absolute Gasteiger partial charge is 0.467 e. The van der Waals surface area contributed by atoms with E-state index in [1.807, 2.05) is 24.3 Å². The number of thioether (sulfide) groups is 1. The standard InChI is InChI=1S/C16H15N3O4S/c17-15(21)9-5-10(23-8-9)7-18-14(20)6-13-16(22)19-11-3-1-2-4-12(11)24-13/h1-5,8,13H,6-7H2,(H2,17,21)(H,18,20)(H,19,22)/t13-/m0/s1. The molecule has 3 amide bonds. The van der Waals surface area contributed by atoms with E-state index >= 15 is 0 Å². The van der Waals surface area contributed by atoms with Crippen LogP contribution in [0.3, 0.4) is 0 Å². The van der Waals surface area contributed by atoms with Crippen molar-refractivity contribution in [3.63, 3.8) is 0 Å². The number of carbonyl (C=O) groups excluding carboxylic acids is 3. The summed E-state index contributed by atoms with van der Waals surface area (Å²) in [6, 6.07) is 8.92. The highest BCUT2D eigenvalue weighted by atomic mass is 32.2. The lowest BCUT2D eigenvalue weighted by Crippen LogP contribution is -2.34. The van der Waals surface area contributed by atoms with E-state index in [1.54, 1.807) is 0 Å². The quantitative estimate of drug-likeness (QED) is 0.760. The van der Waals surface area contributed by atoms with E-state index in [0.717, 1.165) is 10.6 Å². The van der Waals surface area contributed by atoms with Gasteiger partial charge in [0.05, 0.1) is 23.0 Å². The summed E-state index contributed by atoms with van der Waals surface area (Å²) in [6.07, 6.45) is 1.29. The van der Waals surface area contributed by atoms with E-state index in [1.165, 1.54) is 24.1 Å². The van der Waals surface area contributed by atoms with Crippen LogP contribution < -0.4 is 16.4 Å². The lowest BCUT2D eigenvalue weighted by Gasteiger charge is -2.23. The van der Waals surface area contributed by atoms with Crippen molar-refractivity contribution in [3.05, 3.63) is 47.9 Å². The molecule has 3 rings (SSSR count). The summed E-state index contributed by atoms with van der Waals surface area (Å²) in [5, 5.41) is 4.97. The molecule has 1 atom stereocenters. The Hall–Kier alpha value is -2.74. The van der Waals surface area contributed by atoms with Crippen molar-refractivity contribution in [2.45, 2.75) is 23.1 Å². The summed E-state index contributed by atoms with van der Waals surface area (Å²) in [5.41, 5.74) is 6.14. The Morgan fingerprint density at radius 3 is 2.88 bits per heavy atom. The van der Waals surface area contributed by atoms with Gasteiger partial charge in [-0.05, 0) is 18.2 Å². The van der Waals surface area contributed by atoms with Gasteiger partial charge in [-0.1, -0.05) is 12.1 Å². The van der Waals surface area contributed by atoms with Gasteiger partial charge in [0.25, 0.3) is 5.91 Å². The van der Waals surface area contributed by atoms with Gasteiger partial charge in [0.1, 0.15) is 12.0 Å². The highest BCUT2D eigenvalue weighted by molar-refractivity contribution is 8.01. The van der Waals surface area contributed by atoms with Crippen molar-refractivity contribution in [2.24, 2.45) is 5.73 Å². The van der Waals surface area contributed by atoms with Crippen molar-refractivity contribution in [1.29, 1.82) is 0 Å². The van der Waals surface area contributed by atoms with Crippen LogP contribution in [0.4, 0.5) is 5.69 Å². The normalized spacial score (nSPS) is 16.2. The number of benzene rings is 1. The number of carbonyl (C=O) groups is 3. The molecule has 1 aliphatic rings. The molecule has 4 N–H and O–H groups in total. The molecule has 0 fully saturated rings. The van der Waals surface area contributed by atoms with Crippen LogP contribution in [0.5, 0.6) is 0 Å². The molecule has 24 heavy (non-hydrogen) atoms. The maximum Gasteiger partial charge on any atom is 0.251 e. The molecule has 0 aliphatic carbocycles. The first-order chi connectivity index (χ1) is 11.5. The highest BCUT2D eigenvalue weighted by Crippen LogP contribution is 2.36. The Morgan fingerprint density at radius 1 is 1.33 bits per heavy atom. The maximum absolute atomic E-state index is 12.1. The van der Waals surface area contributed by atoms with E-state index in [9.17, 15) is 14.4 Å². The third-order valence-corrected chi connectivity index (χ3v) is 4.75. The fraction of sp³-hybridized carbons (Fsp3) is 0.188. The monoisotopic (exact) mass is 345 g/mol. The zero-order chi connectivity index (χ0) is 17.1. The Balaban J connectivity index is 1.55. The van der Waals surface area contributed by atoms with Crippen LogP contribution >= 0.6 is 11.8 Å². The summed E-state index contributed by atoms with van der Waals surface area (Å²) < 4.78 is 5.13. The SMILES string of the molecule is NC(=O)c1coc(CNC(=O)C[C@@H]2Sc3ccccc3NC2=O)c1. The minimum Gasteiger partial charge on any atom is -0.467 e. The lowest BCUT2D eigenvalue weighted by molar-refractivity contribution is -0.124. The van der Waals surface area contributed by atoms with Gasteiger partial charge in [-0.15, -0.1) is 11.8 Å². The molecule has 8 heteroatoms. The van der Waals surface area contributed by atoms with Crippen molar-refractivity contribution in [2.75, 3.05) is 5.32 Å². The van der Waals surface area contributed by atoms with Crippen LogP contribution in [-0.2, 0) is 16.1 Å². The van der Waals surface area contributed by atoms with Crippen LogP contribution in [0.1, 0.15) is 22.5 Å². The minimum atomic E-state index is -0.592. The molecule has 0 bridgehead atoms. The van der Waals surface area contributed by atoms with E-state index in [0.29, 0.717) is 5.76 Å². The zero-order valence-corrected chi connectivity index (χ0v) is 13.4. The van der Waals surface area contributed by atoms with Crippen molar-refractivity contribution < 1.29 is 18.8 Å². The Kier molecular flexibility index (Phi) is 4.57. The fourth-order valence-corrected chi connectivity index (χ4v) is 3.37. The molecule has 0 saturated heterocycles. The smallest absolute Gasteiger partial charge is 0.251 e. The number of hydrogen-bond donors (Lipinski definition) is 3. The Labute approximate surface area is 142 Å². The zero-order valence-electron chi connectivity index (χ0n) is 12.6. The molecule has 0 spiro atoms. The summed E-state index contributed by atoms with van der Waals surface area (Å²) in [7, 11) is 0. The van der Waals surface area contributed by atoms with Crippen LogP contribution in [-0.4, -0.2) is 23.0 Å². The van der Waals surface area contributed by atoms with Crippen molar-refractivity contribution in [1.82, 2.24) is 5.32 Å². The highest BCUT2D eigenvalue weighted by Gasteiger charge is 2.28. The van der Waals surface area contributed by atoms with E-state index < -0.39 is 11.2 Å². The number of para-hydroxylation sites is 1. The Morgan fingerprint density at radius 2 is 2.12 bits per heavy atom. The predicted octanol–water partition coefficient (Wildman–Crippen LogP) is 1.50. The third kappa shape index (κ3) is 3.60. The van der Waals surface area contributed by atoms with Gasteiger partial charge >= 0.3 is 0 Å². The molecule has 124 valence electrons. The second-order valence-electron chi connectivity index (χ2n) is 5.24. The van der Waals surface area contributed by atoms with Crippen LogP contribution in [0.2, 0.25) is 0 Å². The number of nitrogens with two attached hydrogens (primary N) is 1. The summed E-state index contributed by atoms with van der Waals surface area (Å²) in [5.74, 6) is -0.643. The molecule has 0 radical (unpaired) electrons. The number of fused-ring (bicyclic) bond motifs is 1. The number of primary amides is 1. The number of hydrogen-bond acceptors (Lipinski definition) is 5. The van der Waals surface area contributed by atoms with Gasteiger partial charge in [0.2, 0.25) is 11.8 Å². The summed E-state index contributed by atoms with van der Waals surface area (Å²) >= 11 is 1.37. The van der Waals surface area contributed by atoms with Gasteiger partial charge in [0.15, 0.2) is 0 Å². The fourth-order valence-electron chi connectivity index (χ4n) is 2.26. The average molecular weight is 345 g/mol. The number of anilines is 1. The maximum atomic E-state index is 12.1. The van der Waals surface area contributed by atoms with Crippen LogP contribution in [0.25, 0.3) is 0 Å². The number of rotatable bonds is 5. The second-order valence-corrected chi connectivity index (χ2v) is 6.48. The molecule has 2 heterocycles. The summed E-state index contributed by atoms with van der Waals surface area (Å²) in [4.78, 5) is 36.0. The molecule has 7 nitrogen and oxygen atoms in total. The molecule has 1 aromatic heterocycles. The van der Waals surface area contributed by atoms with Gasteiger partial charge < -0.3 is 20.8 Å². The molecular weight excluding hydrogens is 330 g/mol. The number of amides is 3. The summed E-state index contributed by atoms with van der Waals surface area (Å²) in [6.45, 7) is 0.127. The topological polar surface area (TPSA) is 114 Å². The minimum absolute atomic E-state index is 0.0498. The number of nitrogens with one attached hydrogen (secondary N) is 2. The van der Waals surface area contributed by atoms with E-state index in [4.69, 9.17) is 10.2 Å². The number of furan rings is 1. The average Bonchev–Trinajstić information content (AvgIpc) is 3.03. The predicted molar refractivity (Wildman–Crippen MR) is 88.4 cm³/mol. The first-order valence-electron chi connectivity index (χ1n) is 7.23. The molecule has 0 saturated carbocycles. The Bertz CT molecular complexity index is 802. The molecule has 2 aromatic rings. The molecule has 1 aliphatic heterocycles. The third-order valence-electron chi connectivity index (χ3n) is 3.48.